The van der Waals surface area contributed by atoms with Crippen molar-refractivity contribution < 1.29 is 18.9 Å². The highest BCUT2D eigenvalue weighted by Gasteiger charge is 2.23. The highest BCUT2D eigenvalue weighted by atomic mass is 19.1. The van der Waals surface area contributed by atoms with Gasteiger partial charge in [-0.15, -0.1) is 0 Å². The van der Waals surface area contributed by atoms with Crippen molar-refractivity contribution in [1.82, 2.24) is 5.32 Å². The SMILES string of the molecule is C[C@H](C(=O)NCc1ccccc1)[NH+](C)CC(=O)Nc1ccc(F)cc1. The Bertz CT molecular complexity index is 704. The van der Waals surface area contributed by atoms with E-state index < -0.39 is 0 Å². The Labute approximate surface area is 146 Å². The van der Waals surface area contributed by atoms with E-state index in [0.29, 0.717) is 12.2 Å². The van der Waals surface area contributed by atoms with Gasteiger partial charge in [0, 0.05) is 12.2 Å². The van der Waals surface area contributed by atoms with Crippen molar-refractivity contribution in [2.75, 3.05) is 18.9 Å². The number of amides is 2. The van der Waals surface area contributed by atoms with Crippen molar-refractivity contribution in [1.29, 1.82) is 0 Å². The van der Waals surface area contributed by atoms with Gasteiger partial charge in [-0.05, 0) is 36.8 Å². The highest BCUT2D eigenvalue weighted by Crippen LogP contribution is 2.07. The van der Waals surface area contributed by atoms with Crippen LogP contribution in [0.4, 0.5) is 10.1 Å². The van der Waals surface area contributed by atoms with Crippen molar-refractivity contribution in [3.8, 4) is 0 Å². The monoisotopic (exact) mass is 344 g/mol. The summed E-state index contributed by atoms with van der Waals surface area (Å²) < 4.78 is 12.9. The maximum atomic E-state index is 12.9. The molecule has 0 spiro atoms. The van der Waals surface area contributed by atoms with Crippen LogP contribution in [0.15, 0.2) is 54.6 Å². The Morgan fingerprint density at radius 1 is 1.08 bits per heavy atom. The number of carbonyl (C=O) groups excluding carboxylic acids is 2. The predicted molar refractivity (Wildman–Crippen MR) is 94.5 cm³/mol. The van der Waals surface area contributed by atoms with E-state index in [-0.39, 0.29) is 30.2 Å². The molecule has 2 amide bonds. The summed E-state index contributed by atoms with van der Waals surface area (Å²) in [6, 6.07) is 14.8. The topological polar surface area (TPSA) is 62.6 Å². The number of quaternary nitrogens is 1. The predicted octanol–water partition coefficient (Wildman–Crippen LogP) is 0.984. The van der Waals surface area contributed by atoms with Crippen LogP contribution < -0.4 is 15.5 Å². The van der Waals surface area contributed by atoms with E-state index in [2.05, 4.69) is 10.6 Å². The number of halogens is 1. The van der Waals surface area contributed by atoms with Gasteiger partial charge in [0.1, 0.15) is 5.82 Å². The summed E-state index contributed by atoms with van der Waals surface area (Å²) in [5.41, 5.74) is 1.55. The molecular formula is C19H23FN3O2+. The van der Waals surface area contributed by atoms with E-state index in [1.54, 1.807) is 14.0 Å². The second-order valence-electron chi connectivity index (χ2n) is 6.00. The molecule has 0 aliphatic rings. The van der Waals surface area contributed by atoms with Crippen LogP contribution in [0.1, 0.15) is 12.5 Å². The molecule has 0 aromatic heterocycles. The molecule has 0 bridgehead atoms. The molecule has 132 valence electrons. The molecule has 2 rings (SSSR count). The summed E-state index contributed by atoms with van der Waals surface area (Å²) >= 11 is 0. The van der Waals surface area contributed by atoms with Crippen LogP contribution >= 0.6 is 0 Å². The first-order valence-electron chi connectivity index (χ1n) is 8.15. The molecule has 0 heterocycles. The lowest BCUT2D eigenvalue weighted by atomic mass is 10.2. The van der Waals surface area contributed by atoms with Gasteiger partial charge in [0.2, 0.25) is 0 Å². The number of carbonyl (C=O) groups is 2. The Morgan fingerprint density at radius 2 is 1.72 bits per heavy atom. The third kappa shape index (κ3) is 6.00. The van der Waals surface area contributed by atoms with Gasteiger partial charge in [-0.25, -0.2) is 4.39 Å². The maximum Gasteiger partial charge on any atom is 0.279 e. The van der Waals surface area contributed by atoms with Crippen molar-refractivity contribution in [2.45, 2.75) is 19.5 Å². The molecule has 0 aliphatic heterocycles. The summed E-state index contributed by atoms with van der Waals surface area (Å²) in [7, 11) is 1.79. The molecule has 2 aromatic rings. The summed E-state index contributed by atoms with van der Waals surface area (Å²) in [5, 5.41) is 5.57. The van der Waals surface area contributed by atoms with Gasteiger partial charge in [-0.2, -0.15) is 0 Å². The normalized spacial score (nSPS) is 12.9. The number of rotatable bonds is 7. The van der Waals surface area contributed by atoms with Crippen LogP contribution in [0.3, 0.4) is 0 Å². The highest BCUT2D eigenvalue weighted by molar-refractivity contribution is 5.91. The first kappa shape index (κ1) is 18.6. The second kappa shape index (κ2) is 8.94. The van der Waals surface area contributed by atoms with Crippen LogP contribution in [0.5, 0.6) is 0 Å². The third-order valence-electron chi connectivity index (χ3n) is 4.01. The molecule has 2 atom stereocenters. The van der Waals surface area contributed by atoms with Gasteiger partial charge in [0.15, 0.2) is 12.6 Å². The molecule has 0 saturated carbocycles. The Morgan fingerprint density at radius 3 is 2.36 bits per heavy atom. The van der Waals surface area contributed by atoms with Crippen LogP contribution in [0, 0.1) is 5.82 Å². The maximum absolute atomic E-state index is 12.9. The van der Waals surface area contributed by atoms with Gasteiger partial charge in [-0.1, -0.05) is 30.3 Å². The second-order valence-corrected chi connectivity index (χ2v) is 6.00. The lowest BCUT2D eigenvalue weighted by molar-refractivity contribution is -0.885. The minimum atomic E-state index is -0.373. The number of hydrogen-bond acceptors (Lipinski definition) is 2. The smallest absolute Gasteiger partial charge is 0.279 e. The molecule has 6 heteroatoms. The van der Waals surface area contributed by atoms with Crippen LogP contribution in [-0.2, 0) is 16.1 Å². The van der Waals surface area contributed by atoms with E-state index in [0.717, 1.165) is 10.5 Å². The number of anilines is 1. The quantitative estimate of drug-likeness (QED) is 0.701. The molecule has 0 aliphatic carbocycles. The van der Waals surface area contributed by atoms with Gasteiger partial charge in [-0.3, -0.25) is 9.59 Å². The molecule has 25 heavy (non-hydrogen) atoms. The van der Waals surface area contributed by atoms with E-state index in [4.69, 9.17) is 0 Å². The fraction of sp³-hybridized carbons (Fsp3) is 0.263. The van der Waals surface area contributed by atoms with E-state index in [9.17, 15) is 14.0 Å². The number of likely N-dealkylation sites (N-methyl/N-ethyl adjacent to an activating group) is 1. The number of nitrogens with one attached hydrogen (secondary N) is 3. The van der Waals surface area contributed by atoms with E-state index >= 15 is 0 Å². The lowest BCUT2D eigenvalue weighted by Gasteiger charge is -2.20. The zero-order valence-corrected chi connectivity index (χ0v) is 14.4. The number of benzene rings is 2. The zero-order chi connectivity index (χ0) is 18.2. The molecule has 5 nitrogen and oxygen atoms in total. The van der Waals surface area contributed by atoms with Gasteiger partial charge in [0.25, 0.3) is 11.8 Å². The molecular weight excluding hydrogens is 321 g/mol. The molecule has 3 N–H and O–H groups in total. The number of hydrogen-bond donors (Lipinski definition) is 3. The average molecular weight is 344 g/mol. The largest absolute Gasteiger partial charge is 0.347 e. The van der Waals surface area contributed by atoms with Gasteiger partial charge in [0.05, 0.1) is 7.05 Å². The fourth-order valence-electron chi connectivity index (χ4n) is 2.31. The molecule has 0 fully saturated rings. The van der Waals surface area contributed by atoms with Gasteiger partial charge < -0.3 is 15.5 Å². The summed E-state index contributed by atoms with van der Waals surface area (Å²) in [6.45, 7) is 2.37. The molecule has 0 saturated heterocycles. The van der Waals surface area contributed by atoms with Crippen LogP contribution in [-0.4, -0.2) is 31.4 Å². The fourth-order valence-corrected chi connectivity index (χ4v) is 2.31. The Balaban J connectivity index is 1.80. The van der Waals surface area contributed by atoms with Crippen LogP contribution in [0.2, 0.25) is 0 Å². The lowest BCUT2D eigenvalue weighted by Crippen LogP contribution is -3.15. The van der Waals surface area contributed by atoms with E-state index in [1.165, 1.54) is 24.3 Å². The van der Waals surface area contributed by atoms with Gasteiger partial charge >= 0.3 is 0 Å². The Kier molecular flexibility index (Phi) is 6.65. The Hall–Kier alpha value is -2.73. The minimum absolute atomic E-state index is 0.115. The first-order valence-corrected chi connectivity index (χ1v) is 8.15. The van der Waals surface area contributed by atoms with Crippen molar-refractivity contribution in [3.63, 3.8) is 0 Å². The average Bonchev–Trinajstić information content (AvgIpc) is 2.61. The first-order chi connectivity index (χ1) is 12.0. The van der Waals surface area contributed by atoms with Crippen molar-refractivity contribution in [2.24, 2.45) is 0 Å². The van der Waals surface area contributed by atoms with E-state index in [1.807, 2.05) is 30.3 Å². The van der Waals surface area contributed by atoms with Crippen LogP contribution in [0.25, 0.3) is 0 Å². The minimum Gasteiger partial charge on any atom is -0.347 e. The molecule has 1 unspecified atom stereocenters. The third-order valence-corrected chi connectivity index (χ3v) is 4.01. The van der Waals surface area contributed by atoms with Crippen molar-refractivity contribution in [3.05, 3.63) is 66.0 Å². The standard InChI is InChI=1S/C19H22FN3O2/c1-14(19(25)21-12-15-6-4-3-5-7-15)23(2)13-18(24)22-17-10-8-16(20)9-11-17/h3-11,14H,12-13H2,1-2H3,(H,21,25)(H,22,24)/p+1/t14-/m1/s1. The summed E-state index contributed by atoms with van der Waals surface area (Å²) in [6.07, 6.45) is 0. The zero-order valence-electron chi connectivity index (χ0n) is 14.4. The molecule has 0 radical (unpaired) electrons. The summed E-state index contributed by atoms with van der Waals surface area (Å²) in [4.78, 5) is 25.1. The summed E-state index contributed by atoms with van der Waals surface area (Å²) in [5.74, 6) is -0.702. The van der Waals surface area contributed by atoms with Crippen molar-refractivity contribution >= 4 is 17.5 Å². The molecule has 2 aromatic carbocycles.